The molecule has 0 fully saturated rings. The van der Waals surface area contributed by atoms with E-state index in [9.17, 15) is 17.6 Å². The van der Waals surface area contributed by atoms with Crippen LogP contribution >= 0.6 is 0 Å². The topological polar surface area (TPSA) is 27.7 Å². The lowest BCUT2D eigenvalue weighted by Gasteiger charge is -2.21. The maximum Gasteiger partial charge on any atom is 0.397 e. The molecule has 0 saturated heterocycles. The number of hydrogen-bond donors (Lipinski definition) is 0. The highest BCUT2D eigenvalue weighted by Gasteiger charge is 2.40. The van der Waals surface area contributed by atoms with Gasteiger partial charge in [0, 0.05) is 0 Å². The van der Waals surface area contributed by atoms with Crippen LogP contribution in [0.25, 0.3) is 0 Å². The number of ether oxygens (including phenoxy) is 3. The normalized spacial score (nSPS) is 12.4. The summed E-state index contributed by atoms with van der Waals surface area (Å²) >= 11 is 0. The summed E-state index contributed by atoms with van der Waals surface area (Å²) in [5.74, 6) is -1.41. The molecule has 0 N–H and O–H groups in total. The summed E-state index contributed by atoms with van der Waals surface area (Å²) < 4.78 is 71.2. The molecule has 7 heteroatoms. The second kappa shape index (κ2) is 10.5. The van der Waals surface area contributed by atoms with E-state index in [0.717, 1.165) is 5.56 Å². The number of halogens is 4. The van der Waals surface area contributed by atoms with Gasteiger partial charge in [0.25, 0.3) is 0 Å². The van der Waals surface area contributed by atoms with Gasteiger partial charge in [-0.2, -0.15) is 13.2 Å². The van der Waals surface area contributed by atoms with Gasteiger partial charge in [0.2, 0.25) is 0 Å². The molecule has 0 aliphatic rings. The summed E-state index contributed by atoms with van der Waals surface area (Å²) in [6, 6.07) is 17.0. The SMILES string of the molecule is CCOc1ccc(C(COCc2ccc(F)c(Oc3cccc(C)c3)c2)C(F)(F)F)cc1. The van der Waals surface area contributed by atoms with Gasteiger partial charge in [-0.3, -0.25) is 0 Å². The minimum atomic E-state index is -4.48. The van der Waals surface area contributed by atoms with E-state index in [4.69, 9.17) is 14.2 Å². The molecule has 170 valence electrons. The molecule has 0 bridgehead atoms. The fraction of sp³-hybridized carbons (Fsp3) is 0.280. The van der Waals surface area contributed by atoms with Gasteiger partial charge in [0.15, 0.2) is 11.6 Å². The number of hydrogen-bond acceptors (Lipinski definition) is 3. The third-order valence-corrected chi connectivity index (χ3v) is 4.75. The summed E-state index contributed by atoms with van der Waals surface area (Å²) in [5, 5.41) is 0. The molecule has 32 heavy (non-hydrogen) atoms. The first-order valence-electron chi connectivity index (χ1n) is 10.2. The van der Waals surface area contributed by atoms with Crippen LogP contribution in [-0.4, -0.2) is 19.4 Å². The van der Waals surface area contributed by atoms with Crippen molar-refractivity contribution in [3.63, 3.8) is 0 Å². The maximum atomic E-state index is 14.1. The van der Waals surface area contributed by atoms with Crippen LogP contribution in [0.3, 0.4) is 0 Å². The number of alkyl halides is 3. The van der Waals surface area contributed by atoms with E-state index in [2.05, 4.69) is 0 Å². The Bertz CT molecular complexity index is 1020. The standard InChI is InChI=1S/C25H24F4O3/c1-3-31-20-10-8-19(9-11-20)22(25(27,28)29)16-30-15-18-7-12-23(26)24(14-18)32-21-6-4-5-17(2)13-21/h4-14,22H,3,15-16H2,1-2H3. The van der Waals surface area contributed by atoms with Crippen LogP contribution in [0.5, 0.6) is 17.2 Å². The number of aryl methyl sites for hydroxylation is 1. The van der Waals surface area contributed by atoms with Crippen molar-refractivity contribution >= 4 is 0 Å². The van der Waals surface area contributed by atoms with Crippen LogP contribution in [0, 0.1) is 12.7 Å². The highest BCUT2D eigenvalue weighted by Crippen LogP contribution is 2.36. The zero-order valence-corrected chi connectivity index (χ0v) is 17.8. The van der Waals surface area contributed by atoms with Gasteiger partial charge < -0.3 is 14.2 Å². The summed E-state index contributed by atoms with van der Waals surface area (Å²) in [4.78, 5) is 0. The second-order valence-corrected chi connectivity index (χ2v) is 7.29. The summed E-state index contributed by atoms with van der Waals surface area (Å²) in [6.07, 6.45) is -4.48. The van der Waals surface area contributed by atoms with Crippen molar-refractivity contribution in [3.05, 3.63) is 89.2 Å². The summed E-state index contributed by atoms with van der Waals surface area (Å²) in [6.45, 7) is 3.43. The molecule has 3 rings (SSSR count). The first kappa shape index (κ1) is 23.6. The zero-order chi connectivity index (χ0) is 23.1. The Kier molecular flexibility index (Phi) is 7.75. The lowest BCUT2D eigenvalue weighted by Crippen LogP contribution is -2.25. The Morgan fingerprint density at radius 1 is 0.906 bits per heavy atom. The molecule has 0 saturated carbocycles. The fourth-order valence-corrected chi connectivity index (χ4v) is 3.16. The van der Waals surface area contributed by atoms with Crippen molar-refractivity contribution in [3.8, 4) is 17.2 Å². The van der Waals surface area contributed by atoms with Crippen LogP contribution in [0.2, 0.25) is 0 Å². The van der Waals surface area contributed by atoms with Crippen molar-refractivity contribution in [2.45, 2.75) is 32.5 Å². The molecular formula is C25H24F4O3. The molecule has 0 heterocycles. The fourth-order valence-electron chi connectivity index (χ4n) is 3.16. The highest BCUT2D eigenvalue weighted by molar-refractivity contribution is 5.36. The minimum absolute atomic E-state index is 0.0180. The quantitative estimate of drug-likeness (QED) is 0.324. The molecule has 0 aliphatic heterocycles. The van der Waals surface area contributed by atoms with Gasteiger partial charge in [0.1, 0.15) is 17.4 Å². The average molecular weight is 448 g/mol. The van der Waals surface area contributed by atoms with Crippen LogP contribution < -0.4 is 9.47 Å². The van der Waals surface area contributed by atoms with Crippen molar-refractivity contribution < 1.29 is 31.8 Å². The molecule has 0 aliphatic carbocycles. The van der Waals surface area contributed by atoms with E-state index in [0.29, 0.717) is 23.7 Å². The van der Waals surface area contributed by atoms with Gasteiger partial charge in [-0.05, 0) is 66.9 Å². The molecule has 3 aromatic carbocycles. The van der Waals surface area contributed by atoms with Crippen molar-refractivity contribution in [1.29, 1.82) is 0 Å². The predicted molar refractivity (Wildman–Crippen MR) is 114 cm³/mol. The van der Waals surface area contributed by atoms with E-state index in [1.165, 1.54) is 42.5 Å². The largest absolute Gasteiger partial charge is 0.494 e. The van der Waals surface area contributed by atoms with Crippen molar-refractivity contribution in [2.75, 3.05) is 13.2 Å². The molecule has 1 atom stereocenters. The Balaban J connectivity index is 1.66. The molecule has 1 unspecified atom stereocenters. The Morgan fingerprint density at radius 3 is 2.31 bits per heavy atom. The van der Waals surface area contributed by atoms with Crippen LogP contribution in [0.15, 0.2) is 66.7 Å². The predicted octanol–water partition coefficient (Wildman–Crippen LogP) is 7.19. The minimum Gasteiger partial charge on any atom is -0.494 e. The molecule has 0 amide bonds. The first-order chi connectivity index (χ1) is 15.3. The Hall–Kier alpha value is -3.06. The van der Waals surface area contributed by atoms with Crippen molar-refractivity contribution in [2.24, 2.45) is 0 Å². The Morgan fingerprint density at radius 2 is 1.66 bits per heavy atom. The first-order valence-corrected chi connectivity index (χ1v) is 10.2. The number of benzene rings is 3. The monoisotopic (exact) mass is 448 g/mol. The molecule has 3 nitrogen and oxygen atoms in total. The van der Waals surface area contributed by atoms with Crippen LogP contribution in [-0.2, 0) is 11.3 Å². The third kappa shape index (κ3) is 6.47. The van der Waals surface area contributed by atoms with E-state index in [-0.39, 0.29) is 17.9 Å². The van der Waals surface area contributed by atoms with Gasteiger partial charge in [-0.15, -0.1) is 0 Å². The van der Waals surface area contributed by atoms with E-state index in [1.54, 1.807) is 25.1 Å². The summed E-state index contributed by atoms with van der Waals surface area (Å²) in [5.41, 5.74) is 1.54. The van der Waals surface area contributed by atoms with E-state index >= 15 is 0 Å². The molecule has 3 aromatic rings. The number of rotatable bonds is 9. The lowest BCUT2D eigenvalue weighted by atomic mass is 9.99. The highest BCUT2D eigenvalue weighted by atomic mass is 19.4. The van der Waals surface area contributed by atoms with Gasteiger partial charge >= 0.3 is 6.18 Å². The van der Waals surface area contributed by atoms with Crippen LogP contribution in [0.1, 0.15) is 29.5 Å². The second-order valence-electron chi connectivity index (χ2n) is 7.29. The zero-order valence-electron chi connectivity index (χ0n) is 17.8. The smallest absolute Gasteiger partial charge is 0.397 e. The van der Waals surface area contributed by atoms with Gasteiger partial charge in [0.05, 0.1) is 19.8 Å². The summed E-state index contributed by atoms with van der Waals surface area (Å²) in [7, 11) is 0. The average Bonchev–Trinajstić information content (AvgIpc) is 2.74. The van der Waals surface area contributed by atoms with Crippen LogP contribution in [0.4, 0.5) is 17.6 Å². The van der Waals surface area contributed by atoms with E-state index in [1.807, 2.05) is 13.0 Å². The molecular weight excluding hydrogens is 424 g/mol. The van der Waals surface area contributed by atoms with Gasteiger partial charge in [-0.1, -0.05) is 30.3 Å². The lowest BCUT2D eigenvalue weighted by molar-refractivity contribution is -0.163. The Labute approximate surface area is 184 Å². The molecule has 0 aromatic heterocycles. The molecule has 0 radical (unpaired) electrons. The third-order valence-electron chi connectivity index (χ3n) is 4.75. The van der Waals surface area contributed by atoms with Crippen molar-refractivity contribution in [1.82, 2.24) is 0 Å². The molecule has 0 spiro atoms. The van der Waals surface area contributed by atoms with Gasteiger partial charge in [-0.25, -0.2) is 4.39 Å². The van der Waals surface area contributed by atoms with E-state index < -0.39 is 24.5 Å². The maximum absolute atomic E-state index is 14.1.